The van der Waals surface area contributed by atoms with Crippen molar-refractivity contribution in [2.75, 3.05) is 18.5 Å². The van der Waals surface area contributed by atoms with Gasteiger partial charge in [-0.1, -0.05) is 12.1 Å². The van der Waals surface area contributed by atoms with Gasteiger partial charge in [0.25, 0.3) is 0 Å². The van der Waals surface area contributed by atoms with Crippen LogP contribution >= 0.6 is 0 Å². The van der Waals surface area contributed by atoms with E-state index in [0.29, 0.717) is 30.5 Å². The second-order valence-corrected chi connectivity index (χ2v) is 5.44. The van der Waals surface area contributed by atoms with E-state index in [2.05, 4.69) is 21.4 Å². The quantitative estimate of drug-likeness (QED) is 0.791. The Morgan fingerprint density at radius 2 is 1.88 bits per heavy atom. The lowest BCUT2D eigenvalue weighted by Crippen LogP contribution is -2.15. The van der Waals surface area contributed by atoms with Crippen molar-refractivity contribution in [2.45, 2.75) is 0 Å². The molecule has 4 rings (SSSR count). The SMILES string of the molecule is N#Cc1cccc(-c2ccnc(Nc3ccc4c(c3)OCCO4)n2)c1. The van der Waals surface area contributed by atoms with Gasteiger partial charge < -0.3 is 14.8 Å². The topological polar surface area (TPSA) is 80.1 Å². The Kier molecular flexibility index (Phi) is 3.89. The molecule has 122 valence electrons. The van der Waals surface area contributed by atoms with E-state index in [4.69, 9.17) is 14.7 Å². The van der Waals surface area contributed by atoms with E-state index >= 15 is 0 Å². The van der Waals surface area contributed by atoms with Gasteiger partial charge in [-0.15, -0.1) is 0 Å². The number of ether oxygens (including phenoxy) is 2. The van der Waals surface area contributed by atoms with E-state index in [1.807, 2.05) is 36.4 Å². The molecule has 2 heterocycles. The van der Waals surface area contributed by atoms with Gasteiger partial charge in [-0.3, -0.25) is 0 Å². The van der Waals surface area contributed by atoms with Crippen molar-refractivity contribution in [3.63, 3.8) is 0 Å². The number of fused-ring (bicyclic) bond motifs is 1. The smallest absolute Gasteiger partial charge is 0.227 e. The molecule has 6 heteroatoms. The van der Waals surface area contributed by atoms with Gasteiger partial charge in [0.15, 0.2) is 11.5 Å². The molecule has 1 aliphatic heterocycles. The van der Waals surface area contributed by atoms with Crippen molar-refractivity contribution in [3.05, 3.63) is 60.3 Å². The molecule has 0 unspecified atom stereocenters. The Hall–Kier alpha value is -3.59. The number of hydrogen-bond donors (Lipinski definition) is 1. The summed E-state index contributed by atoms with van der Waals surface area (Å²) in [7, 11) is 0. The van der Waals surface area contributed by atoms with Gasteiger partial charge in [0.05, 0.1) is 17.3 Å². The highest BCUT2D eigenvalue weighted by atomic mass is 16.6. The van der Waals surface area contributed by atoms with Crippen LogP contribution in [0.2, 0.25) is 0 Å². The third-order valence-corrected chi connectivity index (χ3v) is 3.74. The molecule has 0 amide bonds. The normalized spacial score (nSPS) is 12.3. The van der Waals surface area contributed by atoms with Gasteiger partial charge in [-0.2, -0.15) is 5.26 Å². The minimum absolute atomic E-state index is 0.469. The van der Waals surface area contributed by atoms with E-state index in [-0.39, 0.29) is 0 Å². The van der Waals surface area contributed by atoms with Gasteiger partial charge in [0, 0.05) is 23.5 Å². The van der Waals surface area contributed by atoms with Crippen molar-refractivity contribution in [1.82, 2.24) is 9.97 Å². The fourth-order valence-corrected chi connectivity index (χ4v) is 2.58. The summed E-state index contributed by atoms with van der Waals surface area (Å²) < 4.78 is 11.1. The zero-order valence-corrected chi connectivity index (χ0v) is 13.3. The third-order valence-electron chi connectivity index (χ3n) is 3.74. The van der Waals surface area contributed by atoms with Crippen LogP contribution in [0.1, 0.15) is 5.56 Å². The molecular weight excluding hydrogens is 316 g/mol. The van der Waals surface area contributed by atoms with Crippen LogP contribution < -0.4 is 14.8 Å². The van der Waals surface area contributed by atoms with E-state index in [1.54, 1.807) is 18.3 Å². The van der Waals surface area contributed by atoms with Crippen molar-refractivity contribution in [2.24, 2.45) is 0 Å². The molecule has 0 fully saturated rings. The van der Waals surface area contributed by atoms with E-state index < -0.39 is 0 Å². The van der Waals surface area contributed by atoms with Crippen LogP contribution in [0.5, 0.6) is 11.5 Å². The predicted octanol–water partition coefficient (Wildman–Crippen LogP) is 3.53. The van der Waals surface area contributed by atoms with Gasteiger partial charge in [0.1, 0.15) is 13.2 Å². The lowest BCUT2D eigenvalue weighted by atomic mass is 10.1. The molecule has 2 aromatic carbocycles. The molecule has 0 bridgehead atoms. The Labute approximate surface area is 144 Å². The maximum absolute atomic E-state index is 9.04. The molecular formula is C19H14N4O2. The highest BCUT2D eigenvalue weighted by Gasteiger charge is 2.12. The zero-order chi connectivity index (χ0) is 17.1. The summed E-state index contributed by atoms with van der Waals surface area (Å²) in [5, 5.41) is 12.2. The van der Waals surface area contributed by atoms with Gasteiger partial charge in [-0.05, 0) is 30.3 Å². The molecule has 0 saturated carbocycles. The van der Waals surface area contributed by atoms with E-state index in [9.17, 15) is 0 Å². The summed E-state index contributed by atoms with van der Waals surface area (Å²) in [5.74, 6) is 1.91. The first-order chi connectivity index (χ1) is 12.3. The van der Waals surface area contributed by atoms with Crippen LogP contribution in [-0.2, 0) is 0 Å². The highest BCUT2D eigenvalue weighted by Crippen LogP contribution is 2.33. The molecule has 0 spiro atoms. The predicted molar refractivity (Wildman–Crippen MR) is 92.9 cm³/mol. The summed E-state index contributed by atoms with van der Waals surface area (Å²) in [6, 6.07) is 16.9. The number of nitriles is 1. The van der Waals surface area contributed by atoms with Gasteiger partial charge in [0.2, 0.25) is 5.95 Å². The molecule has 0 saturated heterocycles. The van der Waals surface area contributed by atoms with Crippen LogP contribution in [0.3, 0.4) is 0 Å². The van der Waals surface area contributed by atoms with Crippen molar-refractivity contribution < 1.29 is 9.47 Å². The minimum atomic E-state index is 0.469. The molecule has 25 heavy (non-hydrogen) atoms. The lowest BCUT2D eigenvalue weighted by molar-refractivity contribution is 0.171. The monoisotopic (exact) mass is 330 g/mol. The van der Waals surface area contributed by atoms with Crippen LogP contribution in [0.15, 0.2) is 54.7 Å². The first-order valence-electron chi connectivity index (χ1n) is 7.82. The molecule has 1 aromatic heterocycles. The molecule has 6 nitrogen and oxygen atoms in total. The molecule has 1 aliphatic rings. The van der Waals surface area contributed by atoms with Crippen molar-refractivity contribution in [1.29, 1.82) is 5.26 Å². The Balaban J connectivity index is 1.60. The minimum Gasteiger partial charge on any atom is -0.486 e. The average Bonchev–Trinajstić information content (AvgIpc) is 2.68. The first kappa shape index (κ1) is 15.0. The number of benzene rings is 2. The fourth-order valence-electron chi connectivity index (χ4n) is 2.58. The van der Waals surface area contributed by atoms with E-state index in [0.717, 1.165) is 22.7 Å². The molecule has 1 N–H and O–H groups in total. The summed E-state index contributed by atoms with van der Waals surface area (Å²) in [6.07, 6.45) is 1.68. The van der Waals surface area contributed by atoms with Gasteiger partial charge in [-0.25, -0.2) is 9.97 Å². The van der Waals surface area contributed by atoms with Crippen LogP contribution in [0.4, 0.5) is 11.6 Å². The summed E-state index contributed by atoms with van der Waals surface area (Å²) in [6.45, 7) is 1.10. The molecule has 0 radical (unpaired) electrons. The number of aromatic nitrogens is 2. The van der Waals surface area contributed by atoms with Crippen LogP contribution in [0.25, 0.3) is 11.3 Å². The average molecular weight is 330 g/mol. The largest absolute Gasteiger partial charge is 0.486 e. The molecule has 0 atom stereocenters. The standard InChI is InChI=1S/C19H14N4O2/c20-12-13-2-1-3-14(10-13)16-6-7-21-19(23-16)22-15-4-5-17-18(11-15)25-9-8-24-17/h1-7,10-11H,8-9H2,(H,21,22,23). The molecule has 0 aliphatic carbocycles. The summed E-state index contributed by atoms with van der Waals surface area (Å²) in [5.41, 5.74) is 3.02. The Morgan fingerprint density at radius 3 is 2.76 bits per heavy atom. The molecule has 3 aromatic rings. The third kappa shape index (κ3) is 3.21. The first-order valence-corrected chi connectivity index (χ1v) is 7.82. The summed E-state index contributed by atoms with van der Waals surface area (Å²) >= 11 is 0. The maximum Gasteiger partial charge on any atom is 0.227 e. The van der Waals surface area contributed by atoms with Crippen molar-refractivity contribution >= 4 is 11.6 Å². The summed E-state index contributed by atoms with van der Waals surface area (Å²) in [4.78, 5) is 8.78. The zero-order valence-electron chi connectivity index (χ0n) is 13.3. The second kappa shape index (κ2) is 6.49. The van der Waals surface area contributed by atoms with Crippen LogP contribution in [0, 0.1) is 11.3 Å². The number of rotatable bonds is 3. The van der Waals surface area contributed by atoms with Gasteiger partial charge >= 0.3 is 0 Å². The second-order valence-electron chi connectivity index (χ2n) is 5.44. The fraction of sp³-hybridized carbons (Fsp3) is 0.105. The lowest BCUT2D eigenvalue weighted by Gasteiger charge is -2.19. The number of hydrogen-bond acceptors (Lipinski definition) is 6. The number of anilines is 2. The highest BCUT2D eigenvalue weighted by molar-refractivity contribution is 5.64. The number of nitrogens with one attached hydrogen (secondary N) is 1. The van der Waals surface area contributed by atoms with Crippen LogP contribution in [-0.4, -0.2) is 23.2 Å². The maximum atomic E-state index is 9.04. The number of nitrogens with zero attached hydrogens (tertiary/aromatic N) is 3. The van der Waals surface area contributed by atoms with Crippen molar-refractivity contribution in [3.8, 4) is 28.8 Å². The Morgan fingerprint density at radius 1 is 1.00 bits per heavy atom. The van der Waals surface area contributed by atoms with E-state index in [1.165, 1.54) is 0 Å². The Bertz CT molecular complexity index is 966.